The monoisotopic (exact) mass is 808 g/mol. The highest BCUT2D eigenvalue weighted by Crippen LogP contribution is 2.37. The maximum absolute atomic E-state index is 13.5. The number of amides is 4. The van der Waals surface area contributed by atoms with Gasteiger partial charge < -0.3 is 39.8 Å². The molecule has 6 rings (SSSR count). The fourth-order valence-electron chi connectivity index (χ4n) is 6.45. The highest BCUT2D eigenvalue weighted by molar-refractivity contribution is 6.04. The van der Waals surface area contributed by atoms with Gasteiger partial charge in [0.05, 0.1) is 30.6 Å². The summed E-state index contributed by atoms with van der Waals surface area (Å²) in [6.45, 7) is 12.2. The summed E-state index contributed by atoms with van der Waals surface area (Å²) in [4.78, 5) is 65.8. The van der Waals surface area contributed by atoms with Gasteiger partial charge in [0.15, 0.2) is 0 Å². The molecule has 0 bridgehead atoms. The quantitative estimate of drug-likeness (QED) is 0.139. The lowest BCUT2D eigenvalue weighted by Crippen LogP contribution is -2.51. The molecule has 2 aliphatic heterocycles. The second kappa shape index (κ2) is 20.9. The van der Waals surface area contributed by atoms with Gasteiger partial charge in [0.2, 0.25) is 12.3 Å². The molecule has 3 N–H and O–H groups in total. The van der Waals surface area contributed by atoms with E-state index in [0.717, 1.165) is 18.9 Å². The molecule has 4 amide bonds. The minimum absolute atomic E-state index is 0.00279. The topological polar surface area (TPSA) is 162 Å². The zero-order chi connectivity index (χ0) is 42.4. The fourth-order valence-corrected chi connectivity index (χ4v) is 6.45. The number of carbonyl (C=O) groups excluding carboxylic acids is 4. The standard InChI is InChI=1S/C36H37F3N8O6.C3H8.C2H6/c1-22-20-45(14-15-46(22)21-48)31-12-9-25(17-40-31)34(50)43-26-10-11-27(30(16-26)53-36(37,38)39)23-5-7-24(8-6-23)28-18-41-33(44-28)29-4-3-13-47(29)32(49)19-42-35(51)52-2;1-3-2;1-2/h5-12,16-18,21-22,29H,3-4,13-15,19-20H2,1-2H3,(H,41,44)(H,42,51)(H,43,50);3H2,1-2H3;1-2H3. The molecular formula is C41H51F3N8O6. The molecule has 2 saturated heterocycles. The molecule has 312 valence electrons. The number of imidazole rings is 1. The van der Waals surface area contributed by atoms with E-state index in [9.17, 15) is 32.3 Å². The van der Waals surface area contributed by atoms with Gasteiger partial charge in [0.25, 0.3) is 5.91 Å². The molecule has 2 aromatic heterocycles. The fraction of sp³-hybridized carbons (Fsp3) is 0.415. The van der Waals surface area contributed by atoms with Gasteiger partial charge in [-0.3, -0.25) is 14.4 Å². The summed E-state index contributed by atoms with van der Waals surface area (Å²) in [7, 11) is 1.21. The molecule has 0 aliphatic carbocycles. The molecule has 2 unspecified atom stereocenters. The SMILES string of the molecule is CC.CCC.COC(=O)NCC(=O)N1CCCC1c1ncc(-c2ccc(-c3ccc(NC(=O)c4ccc(N5CCN(C=O)C(C)C5)nc4)cc3OC(F)(F)F)cc2)[nH]1. The molecule has 4 aromatic rings. The van der Waals surface area contributed by atoms with Crippen LogP contribution < -0.4 is 20.3 Å². The maximum Gasteiger partial charge on any atom is 0.573 e. The molecule has 2 atom stereocenters. The number of aromatic nitrogens is 3. The lowest BCUT2D eigenvalue weighted by molar-refractivity contribution is -0.274. The Balaban J connectivity index is 0.00000142. The molecule has 0 saturated carbocycles. The largest absolute Gasteiger partial charge is 0.573 e. The number of rotatable bonds is 10. The number of likely N-dealkylation sites (tertiary alicyclic amines) is 1. The number of anilines is 2. The number of carbonyl (C=O) groups is 4. The van der Waals surface area contributed by atoms with Crippen LogP contribution in [0.4, 0.5) is 29.5 Å². The number of piperazine rings is 1. The van der Waals surface area contributed by atoms with E-state index in [0.29, 0.717) is 61.1 Å². The predicted molar refractivity (Wildman–Crippen MR) is 214 cm³/mol. The first-order valence-corrected chi connectivity index (χ1v) is 19.2. The van der Waals surface area contributed by atoms with Gasteiger partial charge in [-0.05, 0) is 55.2 Å². The first kappa shape index (κ1) is 44.6. The Bertz CT molecular complexity index is 1970. The van der Waals surface area contributed by atoms with Crippen LogP contribution in [-0.4, -0.2) is 101 Å². The number of aromatic amines is 1. The number of alkyl halides is 3. The number of methoxy groups -OCH3 is 1. The van der Waals surface area contributed by atoms with Crippen molar-refractivity contribution in [2.45, 2.75) is 72.3 Å². The van der Waals surface area contributed by atoms with Crippen molar-refractivity contribution in [3.8, 4) is 28.1 Å². The van der Waals surface area contributed by atoms with Crippen LogP contribution in [0.25, 0.3) is 22.4 Å². The maximum atomic E-state index is 13.5. The van der Waals surface area contributed by atoms with Crippen molar-refractivity contribution in [2.24, 2.45) is 0 Å². The molecule has 0 radical (unpaired) electrons. The van der Waals surface area contributed by atoms with Crippen molar-refractivity contribution >= 4 is 35.8 Å². The average Bonchev–Trinajstić information content (AvgIpc) is 3.92. The van der Waals surface area contributed by atoms with Crippen molar-refractivity contribution in [3.63, 3.8) is 0 Å². The number of halogens is 3. The Hall–Kier alpha value is -6.13. The molecule has 2 aliphatic rings. The molecule has 58 heavy (non-hydrogen) atoms. The minimum atomic E-state index is -5.00. The van der Waals surface area contributed by atoms with Crippen molar-refractivity contribution < 1.29 is 41.8 Å². The second-order valence-corrected chi connectivity index (χ2v) is 13.3. The van der Waals surface area contributed by atoms with Gasteiger partial charge in [0.1, 0.15) is 23.9 Å². The smallest absolute Gasteiger partial charge is 0.453 e. The van der Waals surface area contributed by atoms with Crippen LogP contribution in [0.15, 0.2) is 67.0 Å². The lowest BCUT2D eigenvalue weighted by atomic mass is 10.0. The first-order valence-electron chi connectivity index (χ1n) is 19.2. The van der Waals surface area contributed by atoms with Crippen molar-refractivity contribution in [2.75, 3.05) is 50.1 Å². The summed E-state index contributed by atoms with van der Waals surface area (Å²) < 4.78 is 49.5. The van der Waals surface area contributed by atoms with Gasteiger partial charge in [0, 0.05) is 55.7 Å². The zero-order valence-electron chi connectivity index (χ0n) is 33.6. The number of ether oxygens (including phenoxy) is 2. The lowest BCUT2D eigenvalue weighted by Gasteiger charge is -2.38. The van der Waals surface area contributed by atoms with E-state index < -0.39 is 24.1 Å². The van der Waals surface area contributed by atoms with E-state index in [4.69, 9.17) is 0 Å². The number of alkyl carbamates (subject to hydrolysis) is 1. The number of nitrogens with one attached hydrogen (secondary N) is 3. The van der Waals surface area contributed by atoms with E-state index >= 15 is 0 Å². The average molecular weight is 809 g/mol. The summed E-state index contributed by atoms with van der Waals surface area (Å²) in [5, 5.41) is 5.01. The number of pyridine rings is 1. The Labute approximate surface area is 336 Å². The van der Waals surface area contributed by atoms with Gasteiger partial charge in [-0.15, -0.1) is 13.2 Å². The minimum Gasteiger partial charge on any atom is -0.453 e. The second-order valence-electron chi connectivity index (χ2n) is 13.3. The Kier molecular flexibility index (Phi) is 16.0. The van der Waals surface area contributed by atoms with Crippen molar-refractivity contribution in [1.82, 2.24) is 30.1 Å². The molecule has 2 aromatic carbocycles. The Morgan fingerprint density at radius 2 is 1.67 bits per heavy atom. The summed E-state index contributed by atoms with van der Waals surface area (Å²) in [6.07, 6.45) is 0.822. The highest BCUT2D eigenvalue weighted by atomic mass is 19.4. The molecule has 0 spiro atoms. The van der Waals surface area contributed by atoms with Gasteiger partial charge >= 0.3 is 12.5 Å². The number of nitrogens with zero attached hydrogens (tertiary/aromatic N) is 5. The third kappa shape index (κ3) is 11.7. The van der Waals surface area contributed by atoms with Crippen LogP contribution in [0.2, 0.25) is 0 Å². The van der Waals surface area contributed by atoms with Crippen LogP contribution in [-0.2, 0) is 14.3 Å². The molecular weight excluding hydrogens is 757 g/mol. The van der Waals surface area contributed by atoms with Crippen LogP contribution in [0.5, 0.6) is 5.75 Å². The van der Waals surface area contributed by atoms with Crippen LogP contribution in [0.3, 0.4) is 0 Å². The van der Waals surface area contributed by atoms with Gasteiger partial charge in [-0.1, -0.05) is 58.4 Å². The van der Waals surface area contributed by atoms with Crippen LogP contribution in [0.1, 0.15) is 76.1 Å². The number of benzene rings is 2. The molecule has 17 heteroatoms. The van der Waals surface area contributed by atoms with Gasteiger partial charge in [-0.25, -0.2) is 14.8 Å². The van der Waals surface area contributed by atoms with Crippen LogP contribution >= 0.6 is 0 Å². The number of H-pyrrole nitrogens is 1. The summed E-state index contributed by atoms with van der Waals surface area (Å²) in [5.41, 5.74) is 2.21. The third-order valence-electron chi connectivity index (χ3n) is 9.17. The van der Waals surface area contributed by atoms with E-state index in [1.165, 1.54) is 31.9 Å². The van der Waals surface area contributed by atoms with Gasteiger partial charge in [-0.2, -0.15) is 0 Å². The zero-order valence-corrected chi connectivity index (χ0v) is 33.6. The summed E-state index contributed by atoms with van der Waals surface area (Å²) in [5.74, 6) is -0.132. The Morgan fingerprint density at radius 3 is 2.29 bits per heavy atom. The van der Waals surface area contributed by atoms with E-state index in [-0.39, 0.29) is 41.3 Å². The highest BCUT2D eigenvalue weighted by Gasteiger charge is 2.34. The number of hydrogen-bond acceptors (Lipinski definition) is 9. The molecule has 4 heterocycles. The summed E-state index contributed by atoms with van der Waals surface area (Å²) >= 11 is 0. The van der Waals surface area contributed by atoms with Crippen molar-refractivity contribution in [1.29, 1.82) is 0 Å². The number of hydrogen-bond donors (Lipinski definition) is 3. The van der Waals surface area contributed by atoms with E-state index in [2.05, 4.69) is 48.9 Å². The first-order chi connectivity index (χ1) is 27.8. The van der Waals surface area contributed by atoms with Crippen LogP contribution in [0, 0.1) is 0 Å². The Morgan fingerprint density at radius 1 is 0.966 bits per heavy atom. The van der Waals surface area contributed by atoms with E-state index in [1.807, 2.05) is 25.7 Å². The summed E-state index contributed by atoms with van der Waals surface area (Å²) in [6, 6.07) is 13.7. The van der Waals surface area contributed by atoms with Crippen molar-refractivity contribution in [3.05, 3.63) is 78.4 Å². The normalized spacial score (nSPS) is 16.3. The molecule has 2 fully saturated rings. The third-order valence-corrected chi connectivity index (χ3v) is 9.17. The molecule has 14 nitrogen and oxygen atoms in total. The van der Waals surface area contributed by atoms with E-state index in [1.54, 1.807) is 52.4 Å². The predicted octanol–water partition coefficient (Wildman–Crippen LogP) is 7.42.